The molecule has 3 nitrogen and oxygen atoms in total. The first-order valence-corrected chi connectivity index (χ1v) is 9.37. The molecule has 0 aromatic heterocycles. The number of hydrogen-bond acceptors (Lipinski definition) is 2. The number of hydrogen-bond donors (Lipinski definition) is 2. The summed E-state index contributed by atoms with van der Waals surface area (Å²) in [7, 11) is 0. The fraction of sp³-hybridized carbons (Fsp3) is 0.348. The molecule has 0 radical (unpaired) electrons. The summed E-state index contributed by atoms with van der Waals surface area (Å²) in [5.74, 6) is 0.476. The first kappa shape index (κ1) is 16.9. The van der Waals surface area contributed by atoms with Gasteiger partial charge in [-0.2, -0.15) is 0 Å². The van der Waals surface area contributed by atoms with E-state index < -0.39 is 5.97 Å². The Hall–Kier alpha value is -2.55. The van der Waals surface area contributed by atoms with Crippen LogP contribution in [0.3, 0.4) is 0 Å². The molecule has 2 aromatic rings. The Labute approximate surface area is 154 Å². The minimum atomic E-state index is -0.867. The molecule has 0 fully saturated rings. The molecule has 3 atom stereocenters. The Balaban J connectivity index is 1.77. The van der Waals surface area contributed by atoms with E-state index in [9.17, 15) is 9.90 Å². The van der Waals surface area contributed by atoms with Gasteiger partial charge in [0.25, 0.3) is 0 Å². The number of aromatic carboxylic acids is 1. The molecule has 1 aliphatic heterocycles. The van der Waals surface area contributed by atoms with E-state index in [-0.39, 0.29) is 6.04 Å². The van der Waals surface area contributed by atoms with E-state index in [1.807, 2.05) is 13.0 Å². The van der Waals surface area contributed by atoms with Crippen LogP contribution in [0.2, 0.25) is 0 Å². The lowest BCUT2D eigenvalue weighted by Gasteiger charge is -2.38. The molecule has 0 bridgehead atoms. The van der Waals surface area contributed by atoms with Crippen LogP contribution in [-0.4, -0.2) is 11.1 Å². The predicted octanol–water partition coefficient (Wildman–Crippen LogP) is 5.64. The molecule has 1 heterocycles. The van der Waals surface area contributed by atoms with Gasteiger partial charge < -0.3 is 10.4 Å². The topological polar surface area (TPSA) is 49.3 Å². The van der Waals surface area contributed by atoms with E-state index in [1.165, 1.54) is 16.7 Å². The van der Waals surface area contributed by atoms with E-state index in [2.05, 4.69) is 55.6 Å². The van der Waals surface area contributed by atoms with Gasteiger partial charge in [0.2, 0.25) is 0 Å². The van der Waals surface area contributed by atoms with E-state index in [4.69, 9.17) is 0 Å². The summed E-state index contributed by atoms with van der Waals surface area (Å²) in [6, 6.07) is 12.8. The highest BCUT2D eigenvalue weighted by Gasteiger charge is 2.38. The van der Waals surface area contributed by atoms with Gasteiger partial charge in [-0.05, 0) is 53.5 Å². The lowest BCUT2D eigenvalue weighted by atomic mass is 9.75. The van der Waals surface area contributed by atoms with E-state index >= 15 is 0 Å². The fourth-order valence-electron chi connectivity index (χ4n) is 4.46. The Kier molecular flexibility index (Phi) is 4.10. The quantitative estimate of drug-likeness (QED) is 0.706. The maximum atomic E-state index is 11.5. The van der Waals surface area contributed by atoms with Crippen LogP contribution in [0.15, 0.2) is 48.6 Å². The van der Waals surface area contributed by atoms with E-state index in [1.54, 1.807) is 6.07 Å². The average Bonchev–Trinajstić information content (AvgIpc) is 3.11. The molecule has 0 amide bonds. The molecular weight excluding hydrogens is 322 g/mol. The molecule has 3 heteroatoms. The molecule has 2 N–H and O–H groups in total. The van der Waals surface area contributed by atoms with Gasteiger partial charge in [0.05, 0.1) is 11.6 Å². The van der Waals surface area contributed by atoms with E-state index in [0.29, 0.717) is 23.3 Å². The monoisotopic (exact) mass is 347 g/mol. The zero-order valence-corrected chi connectivity index (χ0v) is 15.5. The number of anilines is 1. The maximum Gasteiger partial charge on any atom is 0.336 e. The third-order valence-corrected chi connectivity index (χ3v) is 5.99. The summed E-state index contributed by atoms with van der Waals surface area (Å²) in [5.41, 5.74) is 6.05. The predicted molar refractivity (Wildman–Crippen MR) is 105 cm³/mol. The van der Waals surface area contributed by atoms with Crippen molar-refractivity contribution in [2.75, 3.05) is 5.32 Å². The van der Waals surface area contributed by atoms with Crippen molar-refractivity contribution in [3.8, 4) is 0 Å². The number of carbonyl (C=O) groups is 1. The molecule has 2 aromatic carbocycles. The van der Waals surface area contributed by atoms with Gasteiger partial charge in [-0.25, -0.2) is 4.79 Å². The van der Waals surface area contributed by atoms with Crippen molar-refractivity contribution in [2.45, 2.75) is 45.1 Å². The molecule has 26 heavy (non-hydrogen) atoms. The lowest BCUT2D eigenvalue weighted by molar-refractivity contribution is 0.0696. The Morgan fingerprint density at radius 1 is 1.15 bits per heavy atom. The van der Waals surface area contributed by atoms with Gasteiger partial charge in [-0.1, -0.05) is 56.3 Å². The van der Waals surface area contributed by atoms with Crippen LogP contribution >= 0.6 is 0 Å². The van der Waals surface area contributed by atoms with Gasteiger partial charge in [-0.3, -0.25) is 0 Å². The number of carboxylic acid groups (broad SMARTS) is 1. The summed E-state index contributed by atoms with van der Waals surface area (Å²) in [6.07, 6.45) is 5.61. The summed E-state index contributed by atoms with van der Waals surface area (Å²) in [4.78, 5) is 11.5. The second-order valence-corrected chi connectivity index (χ2v) is 7.80. The highest BCUT2D eigenvalue weighted by atomic mass is 16.4. The Morgan fingerprint density at radius 2 is 1.88 bits per heavy atom. The SMILES string of the molecule is Cc1c(C(=O)O)ccc2c1N[C@@H](c1ccc(C(C)C)cc1)C1CC=CC21. The summed E-state index contributed by atoms with van der Waals surface area (Å²) >= 11 is 0. The molecule has 0 spiro atoms. The first-order valence-electron chi connectivity index (χ1n) is 9.37. The van der Waals surface area contributed by atoms with Crippen molar-refractivity contribution in [3.05, 3.63) is 76.4 Å². The van der Waals surface area contributed by atoms with Crippen LogP contribution in [0.4, 0.5) is 5.69 Å². The maximum absolute atomic E-state index is 11.5. The van der Waals surface area contributed by atoms with Gasteiger partial charge in [-0.15, -0.1) is 0 Å². The van der Waals surface area contributed by atoms with Gasteiger partial charge >= 0.3 is 5.97 Å². The molecule has 2 aliphatic rings. The van der Waals surface area contributed by atoms with Crippen molar-refractivity contribution in [2.24, 2.45) is 5.92 Å². The number of nitrogens with one attached hydrogen (secondary N) is 1. The molecule has 2 unspecified atom stereocenters. The van der Waals surface area contributed by atoms with Crippen molar-refractivity contribution < 1.29 is 9.90 Å². The van der Waals surface area contributed by atoms with Gasteiger partial charge in [0, 0.05) is 11.6 Å². The van der Waals surface area contributed by atoms with Crippen LogP contribution in [0.25, 0.3) is 0 Å². The smallest absolute Gasteiger partial charge is 0.336 e. The lowest BCUT2D eigenvalue weighted by Crippen LogP contribution is -2.30. The van der Waals surface area contributed by atoms with Crippen LogP contribution in [0, 0.1) is 12.8 Å². The normalized spacial score (nSPS) is 23.5. The second-order valence-electron chi connectivity index (χ2n) is 7.80. The number of rotatable bonds is 3. The second kappa shape index (κ2) is 6.31. The number of benzene rings is 2. The first-order chi connectivity index (χ1) is 12.5. The third kappa shape index (κ3) is 2.63. The van der Waals surface area contributed by atoms with Crippen LogP contribution < -0.4 is 5.32 Å². The third-order valence-electron chi connectivity index (χ3n) is 5.99. The number of carboxylic acids is 1. The minimum absolute atomic E-state index is 0.200. The number of allylic oxidation sites excluding steroid dienone is 2. The largest absolute Gasteiger partial charge is 0.478 e. The Morgan fingerprint density at radius 3 is 2.54 bits per heavy atom. The van der Waals surface area contributed by atoms with Gasteiger partial charge in [0.15, 0.2) is 0 Å². The van der Waals surface area contributed by atoms with Crippen LogP contribution in [-0.2, 0) is 0 Å². The molecule has 0 saturated heterocycles. The Bertz CT molecular complexity index is 880. The van der Waals surface area contributed by atoms with Crippen molar-refractivity contribution >= 4 is 11.7 Å². The summed E-state index contributed by atoms with van der Waals surface area (Å²) in [5, 5.41) is 13.2. The zero-order valence-electron chi connectivity index (χ0n) is 15.5. The van der Waals surface area contributed by atoms with Crippen molar-refractivity contribution in [1.29, 1.82) is 0 Å². The van der Waals surface area contributed by atoms with E-state index in [0.717, 1.165) is 17.7 Å². The van der Waals surface area contributed by atoms with Crippen LogP contribution in [0.1, 0.15) is 70.8 Å². The molecule has 1 aliphatic carbocycles. The minimum Gasteiger partial charge on any atom is -0.478 e. The highest BCUT2D eigenvalue weighted by Crippen LogP contribution is 2.51. The molecular formula is C23H25NO2. The molecule has 134 valence electrons. The summed E-state index contributed by atoms with van der Waals surface area (Å²) < 4.78 is 0. The number of fused-ring (bicyclic) bond motifs is 3. The standard InChI is InChI=1S/C23H25NO2/c1-13(2)15-7-9-16(10-8-15)22-19-6-4-5-18(19)20-12-11-17(23(25)26)14(3)21(20)24-22/h4-5,7-13,18-19,22,24H,6H2,1-3H3,(H,25,26)/t18?,19?,22-/m0/s1. The zero-order chi connectivity index (χ0) is 18.4. The van der Waals surface area contributed by atoms with Crippen molar-refractivity contribution in [1.82, 2.24) is 0 Å². The van der Waals surface area contributed by atoms with Crippen molar-refractivity contribution in [3.63, 3.8) is 0 Å². The average molecular weight is 347 g/mol. The fourth-order valence-corrected chi connectivity index (χ4v) is 4.46. The van der Waals surface area contributed by atoms with Gasteiger partial charge in [0.1, 0.15) is 0 Å². The summed E-state index contributed by atoms with van der Waals surface area (Å²) in [6.45, 7) is 6.32. The molecule has 0 saturated carbocycles. The van der Waals surface area contributed by atoms with Crippen LogP contribution in [0.5, 0.6) is 0 Å². The highest BCUT2D eigenvalue weighted by molar-refractivity contribution is 5.92. The molecule has 4 rings (SSSR count).